The number of hydrogen-bond donors (Lipinski definition) is 1. The van der Waals surface area contributed by atoms with E-state index in [1.807, 2.05) is 42.6 Å². The number of nitrogens with zero attached hydrogens (tertiary/aromatic N) is 1. The number of benzene rings is 1. The predicted molar refractivity (Wildman–Crippen MR) is 74.3 cm³/mol. The summed E-state index contributed by atoms with van der Waals surface area (Å²) in [7, 11) is 0. The Labute approximate surface area is 113 Å². The van der Waals surface area contributed by atoms with Crippen molar-refractivity contribution in [2.45, 2.75) is 31.7 Å². The van der Waals surface area contributed by atoms with Gasteiger partial charge in [0.15, 0.2) is 0 Å². The summed E-state index contributed by atoms with van der Waals surface area (Å²) in [6, 6.07) is 16.3. The van der Waals surface area contributed by atoms with Crippen LogP contribution in [0.15, 0.2) is 54.7 Å². The first-order valence-electron chi connectivity index (χ1n) is 6.69. The van der Waals surface area contributed by atoms with Crippen molar-refractivity contribution in [1.29, 1.82) is 0 Å². The van der Waals surface area contributed by atoms with Crippen LogP contribution in [0.25, 0.3) is 0 Å². The molecule has 0 atom stereocenters. The molecule has 1 aliphatic carbocycles. The van der Waals surface area contributed by atoms with E-state index in [1.54, 1.807) is 0 Å². The first-order chi connectivity index (χ1) is 9.36. The van der Waals surface area contributed by atoms with Crippen molar-refractivity contribution >= 4 is 0 Å². The van der Waals surface area contributed by atoms with Crippen molar-refractivity contribution in [3.8, 4) is 0 Å². The fourth-order valence-electron chi connectivity index (χ4n) is 2.04. The largest absolute Gasteiger partial charge is 0.356 e. The molecule has 1 aliphatic rings. The number of nitrogens with one attached hydrogen (secondary N) is 1. The summed E-state index contributed by atoms with van der Waals surface area (Å²) < 4.78 is 6.01. The van der Waals surface area contributed by atoms with Gasteiger partial charge < -0.3 is 4.74 Å². The van der Waals surface area contributed by atoms with Gasteiger partial charge in [0.1, 0.15) is 5.72 Å². The molecule has 1 aromatic heterocycles. The second-order valence-corrected chi connectivity index (χ2v) is 4.94. The van der Waals surface area contributed by atoms with Crippen LogP contribution in [0.5, 0.6) is 0 Å². The smallest absolute Gasteiger partial charge is 0.120 e. The highest BCUT2D eigenvalue weighted by Crippen LogP contribution is 2.37. The van der Waals surface area contributed by atoms with Crippen LogP contribution >= 0.6 is 0 Å². The third-order valence-electron chi connectivity index (χ3n) is 3.38. The summed E-state index contributed by atoms with van der Waals surface area (Å²) >= 11 is 0. The Hall–Kier alpha value is -1.71. The number of hydrogen-bond acceptors (Lipinski definition) is 3. The monoisotopic (exact) mass is 254 g/mol. The Morgan fingerprint density at radius 3 is 2.53 bits per heavy atom. The third kappa shape index (κ3) is 3.40. The highest BCUT2D eigenvalue weighted by molar-refractivity contribution is 5.14. The van der Waals surface area contributed by atoms with Gasteiger partial charge in [0.2, 0.25) is 0 Å². The van der Waals surface area contributed by atoms with Gasteiger partial charge in [-0.25, -0.2) is 0 Å². The van der Waals surface area contributed by atoms with E-state index in [0.29, 0.717) is 6.61 Å². The highest BCUT2D eigenvalue weighted by atomic mass is 16.5. The minimum absolute atomic E-state index is 0.132. The number of rotatable bonds is 6. The maximum absolute atomic E-state index is 6.01. The van der Waals surface area contributed by atoms with Gasteiger partial charge >= 0.3 is 0 Å². The van der Waals surface area contributed by atoms with E-state index in [9.17, 15) is 0 Å². The molecule has 0 unspecified atom stereocenters. The van der Waals surface area contributed by atoms with Crippen molar-refractivity contribution < 1.29 is 4.74 Å². The van der Waals surface area contributed by atoms with Crippen LogP contribution in [0.1, 0.15) is 24.1 Å². The highest BCUT2D eigenvalue weighted by Gasteiger charge is 2.43. The molecule has 1 N–H and O–H groups in total. The molecule has 0 saturated heterocycles. The van der Waals surface area contributed by atoms with Crippen LogP contribution in [0.2, 0.25) is 0 Å². The van der Waals surface area contributed by atoms with E-state index in [-0.39, 0.29) is 5.72 Å². The molecule has 0 spiro atoms. The van der Waals surface area contributed by atoms with Gasteiger partial charge in [0.05, 0.1) is 12.3 Å². The van der Waals surface area contributed by atoms with Gasteiger partial charge in [-0.1, -0.05) is 36.4 Å². The summed E-state index contributed by atoms with van der Waals surface area (Å²) in [6.45, 7) is 1.42. The fraction of sp³-hybridized carbons (Fsp3) is 0.312. The molecular formula is C16H18N2O. The fourth-order valence-corrected chi connectivity index (χ4v) is 2.04. The van der Waals surface area contributed by atoms with Crippen molar-refractivity contribution in [1.82, 2.24) is 10.3 Å². The van der Waals surface area contributed by atoms with Crippen LogP contribution < -0.4 is 5.32 Å². The second-order valence-electron chi connectivity index (χ2n) is 4.94. The molecule has 19 heavy (non-hydrogen) atoms. The molecule has 3 heteroatoms. The summed E-state index contributed by atoms with van der Waals surface area (Å²) in [5.41, 5.74) is 2.14. The quantitative estimate of drug-likeness (QED) is 0.805. The van der Waals surface area contributed by atoms with Crippen LogP contribution in [0.3, 0.4) is 0 Å². The van der Waals surface area contributed by atoms with E-state index in [0.717, 1.165) is 25.1 Å². The van der Waals surface area contributed by atoms with Crippen LogP contribution in [0.4, 0.5) is 0 Å². The lowest BCUT2D eigenvalue weighted by molar-refractivity contribution is -0.00559. The molecular weight excluding hydrogens is 236 g/mol. The summed E-state index contributed by atoms with van der Waals surface area (Å²) in [5, 5.41) is 3.47. The van der Waals surface area contributed by atoms with Crippen molar-refractivity contribution in [3.63, 3.8) is 0 Å². The molecule has 0 radical (unpaired) electrons. The molecule has 2 aromatic rings. The molecule has 1 heterocycles. The Morgan fingerprint density at radius 2 is 1.84 bits per heavy atom. The standard InChI is InChI=1S/C16H18N2O/c1-2-6-14(7-3-1)13-19-16(9-10-16)18-12-15-8-4-5-11-17-15/h1-8,11,18H,9-10,12-13H2. The Kier molecular flexibility index (Phi) is 3.58. The molecule has 1 saturated carbocycles. The molecule has 1 fully saturated rings. The lowest BCUT2D eigenvalue weighted by Gasteiger charge is -2.18. The van der Waals surface area contributed by atoms with Crippen LogP contribution in [-0.2, 0) is 17.9 Å². The van der Waals surface area contributed by atoms with E-state index < -0.39 is 0 Å². The zero-order valence-electron chi connectivity index (χ0n) is 10.9. The average Bonchev–Trinajstić information content (AvgIpc) is 3.26. The van der Waals surface area contributed by atoms with E-state index in [4.69, 9.17) is 4.74 Å². The van der Waals surface area contributed by atoms with Crippen molar-refractivity contribution in [2.24, 2.45) is 0 Å². The zero-order valence-corrected chi connectivity index (χ0v) is 10.9. The SMILES string of the molecule is c1ccc(COC2(NCc3ccccn3)CC2)cc1. The molecule has 3 nitrogen and oxygen atoms in total. The summed E-state index contributed by atoms with van der Waals surface area (Å²) in [6.07, 6.45) is 3.97. The second kappa shape index (κ2) is 5.51. The first kappa shape index (κ1) is 12.3. The van der Waals surface area contributed by atoms with Crippen LogP contribution in [0, 0.1) is 0 Å². The third-order valence-corrected chi connectivity index (χ3v) is 3.38. The minimum atomic E-state index is -0.132. The van der Waals surface area contributed by atoms with Gasteiger partial charge in [-0.2, -0.15) is 0 Å². The normalized spacial score (nSPS) is 16.2. The van der Waals surface area contributed by atoms with Crippen LogP contribution in [-0.4, -0.2) is 10.7 Å². The topological polar surface area (TPSA) is 34.1 Å². The Morgan fingerprint density at radius 1 is 1.05 bits per heavy atom. The number of aromatic nitrogens is 1. The van der Waals surface area contributed by atoms with E-state index in [1.165, 1.54) is 5.56 Å². The lowest BCUT2D eigenvalue weighted by atomic mass is 10.2. The Balaban J connectivity index is 1.50. The van der Waals surface area contributed by atoms with Gasteiger partial charge in [-0.15, -0.1) is 0 Å². The first-order valence-corrected chi connectivity index (χ1v) is 6.69. The van der Waals surface area contributed by atoms with Crippen molar-refractivity contribution in [3.05, 3.63) is 66.0 Å². The van der Waals surface area contributed by atoms with Gasteiger partial charge in [0, 0.05) is 12.7 Å². The molecule has 3 rings (SSSR count). The Bertz CT molecular complexity index is 463. The van der Waals surface area contributed by atoms with Gasteiger partial charge in [-0.05, 0) is 30.5 Å². The van der Waals surface area contributed by atoms with Crippen molar-refractivity contribution in [2.75, 3.05) is 0 Å². The molecule has 0 bridgehead atoms. The molecule has 0 amide bonds. The van der Waals surface area contributed by atoms with Gasteiger partial charge in [0.25, 0.3) is 0 Å². The molecule has 98 valence electrons. The van der Waals surface area contributed by atoms with E-state index in [2.05, 4.69) is 22.4 Å². The molecule has 0 aliphatic heterocycles. The average molecular weight is 254 g/mol. The summed E-state index contributed by atoms with van der Waals surface area (Å²) in [4.78, 5) is 4.31. The number of ether oxygens (including phenoxy) is 1. The zero-order chi connectivity index (χ0) is 13.0. The minimum Gasteiger partial charge on any atom is -0.356 e. The maximum Gasteiger partial charge on any atom is 0.120 e. The maximum atomic E-state index is 6.01. The summed E-state index contributed by atoms with van der Waals surface area (Å²) in [5.74, 6) is 0. The van der Waals surface area contributed by atoms with Gasteiger partial charge in [-0.3, -0.25) is 10.3 Å². The molecule has 1 aromatic carbocycles. The lowest BCUT2D eigenvalue weighted by Crippen LogP contribution is -2.33. The predicted octanol–water partition coefficient (Wildman–Crippen LogP) is 2.88. The van der Waals surface area contributed by atoms with E-state index >= 15 is 0 Å². The number of pyridine rings is 1.